The van der Waals surface area contributed by atoms with Crippen LogP contribution in [0.15, 0.2) is 65.7 Å². The number of nitrogens with zero attached hydrogens (tertiary/aromatic N) is 4. The largest absolute Gasteiger partial charge is 0.361 e. The van der Waals surface area contributed by atoms with E-state index in [0.717, 1.165) is 39.2 Å². The monoisotopic (exact) mass is 717 g/mol. The van der Waals surface area contributed by atoms with Gasteiger partial charge < -0.3 is 9.30 Å². The zero-order valence-electron chi connectivity index (χ0n) is 29.9. The highest BCUT2D eigenvalue weighted by Crippen LogP contribution is 2.38. The molecule has 2 aromatic heterocycles. The number of ether oxygens (including phenoxy) is 1. The number of aromatic nitrogens is 3. The molecule has 9 nitrogen and oxygen atoms in total. The smallest absolute Gasteiger partial charge is 0.268 e. The summed E-state index contributed by atoms with van der Waals surface area (Å²) in [6.45, 7) is 19.3. The van der Waals surface area contributed by atoms with E-state index in [1.54, 1.807) is 36.5 Å². The Labute approximate surface area is 294 Å². The Morgan fingerprint density at radius 3 is 2.37 bits per heavy atom. The summed E-state index contributed by atoms with van der Waals surface area (Å²) in [5.41, 5.74) is 6.03. The number of hydrogen-bond acceptors (Lipinski definition) is 6. The maximum atomic E-state index is 14.1. The van der Waals surface area contributed by atoms with Gasteiger partial charge in [0.15, 0.2) is 0 Å². The van der Waals surface area contributed by atoms with Crippen LogP contribution in [-0.2, 0) is 38.9 Å². The van der Waals surface area contributed by atoms with Crippen molar-refractivity contribution in [2.45, 2.75) is 96.1 Å². The fourth-order valence-corrected chi connectivity index (χ4v) is 8.84. The molecule has 0 saturated heterocycles. The minimum absolute atomic E-state index is 0.185. The minimum Gasteiger partial charge on any atom is -0.361 e. The van der Waals surface area contributed by atoms with Crippen molar-refractivity contribution in [1.82, 2.24) is 18.2 Å². The molecule has 0 aliphatic rings. The predicted molar refractivity (Wildman–Crippen MR) is 201 cm³/mol. The summed E-state index contributed by atoms with van der Waals surface area (Å²) in [5, 5.41) is 10.5. The fourth-order valence-electron chi connectivity index (χ4n) is 5.88. The van der Waals surface area contributed by atoms with Crippen molar-refractivity contribution < 1.29 is 17.4 Å². The molecule has 0 radical (unpaired) electrons. The van der Waals surface area contributed by atoms with Gasteiger partial charge in [0, 0.05) is 26.3 Å². The van der Waals surface area contributed by atoms with Crippen molar-refractivity contribution in [2.24, 2.45) is 0 Å². The third-order valence-electron chi connectivity index (χ3n) is 8.66. The van der Waals surface area contributed by atoms with Gasteiger partial charge >= 0.3 is 0 Å². The zero-order chi connectivity index (χ0) is 35.9. The Morgan fingerprint density at radius 2 is 1.76 bits per heavy atom. The number of nitrogens with one attached hydrogen (secondary N) is 1. The SMILES string of the molecule is CCc1cc(C)c2c(ccn2S(=O)(=O)c2ccc(C)cc2)c1C(NS(=O)C(C)(C)C)c1nc2ccc(C#N)cc2n1COCC[Si](C)(C)C. The molecule has 2 unspecified atom stereocenters. The van der Waals surface area contributed by atoms with Crippen molar-refractivity contribution in [3.63, 3.8) is 0 Å². The summed E-state index contributed by atoms with van der Waals surface area (Å²) in [7, 11) is -6.83. The molecule has 0 bridgehead atoms. The van der Waals surface area contributed by atoms with Gasteiger partial charge in [-0.05, 0) is 100 Å². The average molecular weight is 718 g/mol. The van der Waals surface area contributed by atoms with Gasteiger partial charge in [-0.1, -0.05) is 50.3 Å². The van der Waals surface area contributed by atoms with Gasteiger partial charge in [-0.2, -0.15) is 5.26 Å². The van der Waals surface area contributed by atoms with E-state index in [0.29, 0.717) is 35.4 Å². The molecule has 0 amide bonds. The standard InChI is InChI=1S/C37H47N5O4S2Si/c1-10-28-21-26(3)35-30(17-18-42(35)48(44,45)29-14-11-25(2)12-15-29)33(28)34(40-47(43)37(4,5)6)36-39-31-16-13-27(23-38)22-32(31)41(36)24-46-19-20-49(7,8)9/h11-18,21-22,34,40H,10,19-20,24H2,1-9H3. The number of fused-ring (bicyclic) bond motifs is 2. The molecule has 12 heteroatoms. The zero-order valence-corrected chi connectivity index (χ0v) is 32.6. The summed E-state index contributed by atoms with van der Waals surface area (Å²) in [4.78, 5) is 5.30. The van der Waals surface area contributed by atoms with Crippen molar-refractivity contribution >= 4 is 51.0 Å². The first-order valence-corrected chi connectivity index (χ1v) is 22.9. The van der Waals surface area contributed by atoms with E-state index >= 15 is 0 Å². The van der Waals surface area contributed by atoms with Crippen LogP contribution in [-0.4, -0.2) is 45.6 Å². The van der Waals surface area contributed by atoms with Gasteiger partial charge in [-0.25, -0.2) is 26.3 Å². The molecule has 0 saturated carbocycles. The molecular formula is C37H47N5O4S2Si. The van der Waals surface area contributed by atoms with Crippen LogP contribution in [0.5, 0.6) is 0 Å². The lowest BCUT2D eigenvalue weighted by Gasteiger charge is -2.27. The van der Waals surface area contributed by atoms with Crippen LogP contribution in [0.4, 0.5) is 0 Å². The van der Waals surface area contributed by atoms with Crippen LogP contribution in [0.1, 0.15) is 67.4 Å². The maximum Gasteiger partial charge on any atom is 0.268 e. The Bertz CT molecular complexity index is 2180. The van der Waals surface area contributed by atoms with Crippen LogP contribution in [0.3, 0.4) is 0 Å². The van der Waals surface area contributed by atoms with Crippen LogP contribution < -0.4 is 4.72 Å². The molecule has 0 aliphatic carbocycles. The molecule has 0 spiro atoms. The third-order valence-corrected chi connectivity index (χ3v) is 13.6. The van der Waals surface area contributed by atoms with E-state index in [1.165, 1.54) is 3.97 Å². The number of imidazole rings is 1. The lowest BCUT2D eigenvalue weighted by atomic mass is 9.92. The normalized spacial score (nSPS) is 14.0. The van der Waals surface area contributed by atoms with E-state index in [2.05, 4.69) is 37.4 Å². The Hall–Kier alpha value is -3.60. The first kappa shape index (κ1) is 36.7. The van der Waals surface area contributed by atoms with Crippen molar-refractivity contribution in [1.29, 1.82) is 5.26 Å². The van der Waals surface area contributed by atoms with E-state index in [-0.39, 0.29) is 11.6 Å². The predicted octanol–water partition coefficient (Wildman–Crippen LogP) is 7.73. The minimum atomic E-state index is -3.93. The third kappa shape index (κ3) is 7.61. The molecule has 0 fully saturated rings. The van der Waals surface area contributed by atoms with Crippen molar-refractivity contribution in [3.8, 4) is 6.07 Å². The van der Waals surface area contributed by atoms with Gasteiger partial charge in [0.05, 0.1) is 48.8 Å². The number of nitriles is 1. The molecule has 3 aromatic carbocycles. The Kier molecular flexibility index (Phi) is 10.4. The first-order valence-electron chi connectivity index (χ1n) is 16.6. The van der Waals surface area contributed by atoms with E-state index in [9.17, 15) is 17.9 Å². The van der Waals surface area contributed by atoms with E-state index in [4.69, 9.17) is 9.72 Å². The Morgan fingerprint density at radius 1 is 1.06 bits per heavy atom. The first-order chi connectivity index (χ1) is 23.0. The fraction of sp³-hybridized carbons (Fsp3) is 0.405. The molecule has 260 valence electrons. The lowest BCUT2D eigenvalue weighted by molar-refractivity contribution is 0.0873. The van der Waals surface area contributed by atoms with Crippen LogP contribution in [0.25, 0.3) is 21.9 Å². The number of benzene rings is 3. The van der Waals surface area contributed by atoms with Gasteiger partial charge in [0.2, 0.25) is 0 Å². The molecule has 49 heavy (non-hydrogen) atoms. The van der Waals surface area contributed by atoms with Crippen LogP contribution in [0, 0.1) is 25.2 Å². The number of hydrogen-bond donors (Lipinski definition) is 1. The summed E-state index contributed by atoms with van der Waals surface area (Å²) in [6, 6.07) is 18.6. The molecule has 0 aliphatic heterocycles. The summed E-state index contributed by atoms with van der Waals surface area (Å²) in [5.74, 6) is 0.574. The highest BCUT2D eigenvalue weighted by atomic mass is 32.2. The molecule has 2 heterocycles. The Balaban J connectivity index is 1.78. The number of aryl methyl sites for hydroxylation is 3. The quantitative estimate of drug-likeness (QED) is 0.104. The molecule has 1 N–H and O–H groups in total. The highest BCUT2D eigenvalue weighted by Gasteiger charge is 2.33. The van der Waals surface area contributed by atoms with Crippen molar-refractivity contribution in [2.75, 3.05) is 6.61 Å². The second kappa shape index (κ2) is 14.0. The van der Waals surface area contributed by atoms with Crippen molar-refractivity contribution in [3.05, 3.63) is 94.4 Å². The van der Waals surface area contributed by atoms with E-state index < -0.39 is 39.9 Å². The average Bonchev–Trinajstić information content (AvgIpc) is 3.64. The van der Waals surface area contributed by atoms with Gasteiger partial charge in [0.1, 0.15) is 18.6 Å². The summed E-state index contributed by atoms with van der Waals surface area (Å²) in [6.07, 6.45) is 2.25. The second-order valence-electron chi connectivity index (χ2n) is 14.8. The molecule has 5 rings (SSSR count). The van der Waals surface area contributed by atoms with Gasteiger partial charge in [-0.15, -0.1) is 0 Å². The summed E-state index contributed by atoms with van der Waals surface area (Å²) < 4.78 is 54.6. The van der Waals surface area contributed by atoms with E-state index in [1.807, 2.05) is 63.5 Å². The molecular weight excluding hydrogens is 671 g/mol. The highest BCUT2D eigenvalue weighted by molar-refractivity contribution is 7.90. The summed E-state index contributed by atoms with van der Waals surface area (Å²) >= 11 is 0. The molecule has 2 atom stereocenters. The maximum absolute atomic E-state index is 14.1. The number of rotatable bonds is 12. The lowest BCUT2D eigenvalue weighted by Crippen LogP contribution is -2.37. The molecule has 5 aromatic rings. The van der Waals surface area contributed by atoms with Gasteiger partial charge in [-0.3, -0.25) is 0 Å². The topological polar surface area (TPSA) is 119 Å². The van der Waals surface area contributed by atoms with Crippen LogP contribution >= 0.6 is 0 Å². The second-order valence-corrected chi connectivity index (χ2v) is 24.2. The van der Waals surface area contributed by atoms with Crippen LogP contribution in [0.2, 0.25) is 25.7 Å². The van der Waals surface area contributed by atoms with Gasteiger partial charge in [0.25, 0.3) is 10.0 Å².